The Kier molecular flexibility index (Phi) is 3.19. The summed E-state index contributed by atoms with van der Waals surface area (Å²) in [6, 6.07) is 0.506. The minimum Gasteiger partial charge on any atom is -0.380 e. The van der Waals surface area contributed by atoms with Crippen LogP contribution in [0.4, 0.5) is 0 Å². The summed E-state index contributed by atoms with van der Waals surface area (Å²) in [4.78, 5) is 13.7. The number of carbonyl (C=O) groups is 1. The van der Waals surface area contributed by atoms with Gasteiger partial charge in [-0.1, -0.05) is 6.92 Å². The number of rotatable bonds is 1. The molecule has 2 atom stereocenters. The van der Waals surface area contributed by atoms with E-state index in [0.717, 1.165) is 45.6 Å². The fourth-order valence-corrected chi connectivity index (χ4v) is 2.45. The van der Waals surface area contributed by atoms with Crippen molar-refractivity contribution in [3.63, 3.8) is 0 Å². The van der Waals surface area contributed by atoms with E-state index >= 15 is 0 Å². The Morgan fingerprint density at radius 3 is 3.07 bits per heavy atom. The molecule has 14 heavy (non-hydrogen) atoms. The van der Waals surface area contributed by atoms with Crippen molar-refractivity contribution in [1.29, 1.82) is 0 Å². The minimum atomic E-state index is 0.438. The molecule has 0 aromatic carbocycles. The normalized spacial score (nSPS) is 35.9. The molecule has 0 aromatic rings. The zero-order valence-electron chi connectivity index (χ0n) is 8.87. The molecule has 1 saturated heterocycles. The van der Waals surface area contributed by atoms with E-state index in [0.29, 0.717) is 17.7 Å². The molecule has 2 aliphatic rings. The standard InChI is InChI=1S/C11H19NO2/c1-9-7-12(4-5-14-8-9)10-2-3-11(13)6-10/h9-10H,2-8H2,1H3. The summed E-state index contributed by atoms with van der Waals surface area (Å²) < 4.78 is 5.50. The highest BCUT2D eigenvalue weighted by Crippen LogP contribution is 2.22. The van der Waals surface area contributed by atoms with E-state index in [1.807, 2.05) is 0 Å². The van der Waals surface area contributed by atoms with Gasteiger partial charge in [-0.2, -0.15) is 0 Å². The van der Waals surface area contributed by atoms with Gasteiger partial charge in [-0.3, -0.25) is 9.69 Å². The van der Waals surface area contributed by atoms with Crippen molar-refractivity contribution in [2.75, 3.05) is 26.3 Å². The average Bonchev–Trinajstić information content (AvgIpc) is 2.45. The van der Waals surface area contributed by atoms with Crippen molar-refractivity contribution in [2.24, 2.45) is 5.92 Å². The maximum atomic E-state index is 11.2. The molecule has 0 N–H and O–H groups in total. The van der Waals surface area contributed by atoms with Gasteiger partial charge in [0.2, 0.25) is 0 Å². The van der Waals surface area contributed by atoms with E-state index in [1.54, 1.807) is 0 Å². The maximum Gasteiger partial charge on any atom is 0.134 e. The van der Waals surface area contributed by atoms with E-state index in [-0.39, 0.29) is 0 Å². The van der Waals surface area contributed by atoms with Gasteiger partial charge in [0.05, 0.1) is 13.2 Å². The number of Topliss-reactive ketones (excluding diaryl/α,β-unsaturated/α-hetero) is 1. The van der Waals surface area contributed by atoms with Crippen molar-refractivity contribution in [3.8, 4) is 0 Å². The predicted octanol–water partition coefficient (Wildman–Crippen LogP) is 1.08. The smallest absolute Gasteiger partial charge is 0.134 e. The first-order valence-electron chi connectivity index (χ1n) is 5.59. The van der Waals surface area contributed by atoms with Crippen molar-refractivity contribution in [2.45, 2.75) is 32.2 Å². The molecule has 0 aromatic heterocycles. The highest BCUT2D eigenvalue weighted by atomic mass is 16.5. The molecule has 80 valence electrons. The molecule has 1 heterocycles. The third kappa shape index (κ3) is 2.34. The zero-order chi connectivity index (χ0) is 9.97. The van der Waals surface area contributed by atoms with Crippen LogP contribution in [0, 0.1) is 5.92 Å². The molecule has 3 nitrogen and oxygen atoms in total. The van der Waals surface area contributed by atoms with E-state index in [9.17, 15) is 4.79 Å². The molecule has 3 heteroatoms. The quantitative estimate of drug-likeness (QED) is 0.630. The molecule has 1 aliphatic carbocycles. The summed E-state index contributed by atoms with van der Waals surface area (Å²) in [5, 5.41) is 0. The topological polar surface area (TPSA) is 29.5 Å². The fraction of sp³-hybridized carbons (Fsp3) is 0.909. The van der Waals surface area contributed by atoms with Crippen LogP contribution in [0.25, 0.3) is 0 Å². The van der Waals surface area contributed by atoms with Gasteiger partial charge >= 0.3 is 0 Å². The number of hydrogen-bond donors (Lipinski definition) is 0. The molecule has 0 bridgehead atoms. The predicted molar refractivity (Wildman–Crippen MR) is 54.2 cm³/mol. The molecule has 1 saturated carbocycles. The van der Waals surface area contributed by atoms with E-state index < -0.39 is 0 Å². The van der Waals surface area contributed by atoms with Crippen LogP contribution >= 0.6 is 0 Å². The lowest BCUT2D eigenvalue weighted by Gasteiger charge is -2.27. The summed E-state index contributed by atoms with van der Waals surface area (Å²) in [6.07, 6.45) is 2.62. The largest absolute Gasteiger partial charge is 0.380 e. The lowest BCUT2D eigenvalue weighted by atomic mass is 10.1. The maximum absolute atomic E-state index is 11.2. The van der Waals surface area contributed by atoms with Gasteiger partial charge in [0, 0.05) is 32.0 Å². The second-order valence-corrected chi connectivity index (χ2v) is 4.61. The first-order chi connectivity index (χ1) is 6.75. The Morgan fingerprint density at radius 2 is 2.36 bits per heavy atom. The van der Waals surface area contributed by atoms with Crippen LogP contribution in [0.3, 0.4) is 0 Å². The van der Waals surface area contributed by atoms with Crippen LogP contribution in [-0.4, -0.2) is 43.0 Å². The summed E-state index contributed by atoms with van der Waals surface area (Å²) >= 11 is 0. The first-order valence-corrected chi connectivity index (χ1v) is 5.59. The third-order valence-electron chi connectivity index (χ3n) is 3.21. The zero-order valence-corrected chi connectivity index (χ0v) is 8.87. The van der Waals surface area contributed by atoms with Gasteiger partial charge in [-0.25, -0.2) is 0 Å². The van der Waals surface area contributed by atoms with Crippen molar-refractivity contribution in [3.05, 3.63) is 0 Å². The number of carbonyl (C=O) groups excluding carboxylic acids is 1. The number of hydrogen-bond acceptors (Lipinski definition) is 3. The molecular formula is C11H19NO2. The Labute approximate surface area is 85.4 Å². The number of nitrogens with zero attached hydrogens (tertiary/aromatic N) is 1. The lowest BCUT2D eigenvalue weighted by Crippen LogP contribution is -2.37. The highest BCUT2D eigenvalue weighted by Gasteiger charge is 2.29. The molecule has 0 spiro atoms. The Morgan fingerprint density at radius 1 is 1.50 bits per heavy atom. The van der Waals surface area contributed by atoms with Gasteiger partial charge in [0.25, 0.3) is 0 Å². The molecule has 2 unspecified atom stereocenters. The summed E-state index contributed by atoms with van der Waals surface area (Å²) in [6.45, 7) is 6.02. The SMILES string of the molecule is CC1COCCN(C2CCC(=O)C2)C1. The van der Waals surface area contributed by atoms with Crippen LogP contribution in [0.2, 0.25) is 0 Å². The van der Waals surface area contributed by atoms with E-state index in [2.05, 4.69) is 11.8 Å². The van der Waals surface area contributed by atoms with E-state index in [4.69, 9.17) is 4.74 Å². The second kappa shape index (κ2) is 4.41. The van der Waals surface area contributed by atoms with Gasteiger partial charge in [-0.15, -0.1) is 0 Å². The fourth-order valence-electron chi connectivity index (χ4n) is 2.45. The van der Waals surface area contributed by atoms with E-state index in [1.165, 1.54) is 0 Å². The van der Waals surface area contributed by atoms with Gasteiger partial charge in [-0.05, 0) is 12.3 Å². The molecule has 2 fully saturated rings. The Hall–Kier alpha value is -0.410. The van der Waals surface area contributed by atoms with Crippen LogP contribution in [0.15, 0.2) is 0 Å². The van der Waals surface area contributed by atoms with Crippen molar-refractivity contribution < 1.29 is 9.53 Å². The molecule has 0 amide bonds. The first kappa shape index (κ1) is 10.1. The summed E-state index contributed by atoms with van der Waals surface area (Å²) in [5.41, 5.74) is 0. The molecule has 2 rings (SSSR count). The minimum absolute atomic E-state index is 0.438. The number of ketones is 1. The third-order valence-corrected chi connectivity index (χ3v) is 3.21. The summed E-state index contributed by atoms with van der Waals surface area (Å²) in [7, 11) is 0. The number of ether oxygens (including phenoxy) is 1. The lowest BCUT2D eigenvalue weighted by molar-refractivity contribution is -0.117. The highest BCUT2D eigenvalue weighted by molar-refractivity contribution is 5.81. The van der Waals surface area contributed by atoms with Crippen LogP contribution in [0.1, 0.15) is 26.2 Å². The molecular weight excluding hydrogens is 178 g/mol. The monoisotopic (exact) mass is 197 g/mol. The molecule has 1 aliphatic heterocycles. The van der Waals surface area contributed by atoms with Crippen LogP contribution in [-0.2, 0) is 9.53 Å². The van der Waals surface area contributed by atoms with Gasteiger partial charge in [0.1, 0.15) is 5.78 Å². The summed E-state index contributed by atoms with van der Waals surface area (Å²) in [5.74, 6) is 1.04. The Bertz CT molecular complexity index is 217. The Balaban J connectivity index is 1.91. The van der Waals surface area contributed by atoms with Crippen LogP contribution < -0.4 is 0 Å². The van der Waals surface area contributed by atoms with Crippen molar-refractivity contribution >= 4 is 5.78 Å². The average molecular weight is 197 g/mol. The second-order valence-electron chi connectivity index (χ2n) is 4.61. The van der Waals surface area contributed by atoms with Crippen molar-refractivity contribution in [1.82, 2.24) is 4.90 Å². The molecule has 0 radical (unpaired) electrons. The van der Waals surface area contributed by atoms with Gasteiger partial charge in [0.15, 0.2) is 0 Å². The van der Waals surface area contributed by atoms with Crippen LogP contribution in [0.5, 0.6) is 0 Å². The van der Waals surface area contributed by atoms with Gasteiger partial charge < -0.3 is 4.74 Å².